The molecule has 1 saturated heterocycles. The van der Waals surface area contributed by atoms with Gasteiger partial charge in [-0.2, -0.15) is 0 Å². The SMILES string of the molecule is CC1CCN(C(=O)C(=O)NC[C@@H](c2cccnc2)S(=O)(=O)c2cccs2)CC1. The van der Waals surface area contributed by atoms with Crippen molar-refractivity contribution in [3.05, 3.63) is 47.6 Å². The summed E-state index contributed by atoms with van der Waals surface area (Å²) in [7, 11) is -3.73. The number of carbonyl (C=O) groups is 2. The molecule has 0 radical (unpaired) electrons. The van der Waals surface area contributed by atoms with E-state index in [-0.39, 0.29) is 10.8 Å². The van der Waals surface area contributed by atoms with Crippen LogP contribution in [-0.4, -0.2) is 49.8 Å². The number of likely N-dealkylation sites (tertiary alicyclic amines) is 1. The minimum atomic E-state index is -3.73. The van der Waals surface area contributed by atoms with Crippen molar-refractivity contribution in [3.8, 4) is 0 Å². The first-order valence-electron chi connectivity index (χ1n) is 9.14. The summed E-state index contributed by atoms with van der Waals surface area (Å²) in [6.45, 7) is 3.02. The Bertz CT molecular complexity index is 906. The zero-order valence-electron chi connectivity index (χ0n) is 15.6. The van der Waals surface area contributed by atoms with E-state index in [1.54, 1.807) is 29.8 Å². The predicted octanol–water partition coefficient (Wildman–Crippen LogP) is 2.03. The van der Waals surface area contributed by atoms with Gasteiger partial charge in [0.1, 0.15) is 9.46 Å². The molecule has 0 unspecified atom stereocenters. The van der Waals surface area contributed by atoms with Gasteiger partial charge in [-0.3, -0.25) is 14.6 Å². The molecule has 2 aromatic rings. The highest BCUT2D eigenvalue weighted by atomic mass is 32.2. The summed E-state index contributed by atoms with van der Waals surface area (Å²) in [5, 5.41) is 3.20. The van der Waals surface area contributed by atoms with Gasteiger partial charge < -0.3 is 10.2 Å². The van der Waals surface area contributed by atoms with Gasteiger partial charge in [-0.05, 0) is 41.8 Å². The summed E-state index contributed by atoms with van der Waals surface area (Å²) in [4.78, 5) is 30.3. The first kappa shape index (κ1) is 20.5. The Balaban J connectivity index is 1.74. The highest BCUT2D eigenvalue weighted by Crippen LogP contribution is 2.30. The van der Waals surface area contributed by atoms with Crippen molar-refractivity contribution in [2.24, 2.45) is 5.92 Å². The minimum absolute atomic E-state index is 0.194. The van der Waals surface area contributed by atoms with Crippen molar-refractivity contribution >= 4 is 33.0 Å². The smallest absolute Gasteiger partial charge is 0.311 e. The van der Waals surface area contributed by atoms with Crippen LogP contribution in [-0.2, 0) is 19.4 Å². The van der Waals surface area contributed by atoms with Crippen LogP contribution in [0.15, 0.2) is 46.2 Å². The topological polar surface area (TPSA) is 96.4 Å². The predicted molar refractivity (Wildman–Crippen MR) is 106 cm³/mol. The first-order valence-corrected chi connectivity index (χ1v) is 11.6. The second-order valence-electron chi connectivity index (χ2n) is 6.94. The van der Waals surface area contributed by atoms with Gasteiger partial charge in [0.05, 0.1) is 0 Å². The van der Waals surface area contributed by atoms with Crippen LogP contribution in [0.2, 0.25) is 0 Å². The Morgan fingerprint density at radius 1 is 1.29 bits per heavy atom. The van der Waals surface area contributed by atoms with E-state index in [0.717, 1.165) is 24.2 Å². The van der Waals surface area contributed by atoms with Crippen molar-refractivity contribution in [2.45, 2.75) is 29.2 Å². The Morgan fingerprint density at radius 2 is 2.04 bits per heavy atom. The number of nitrogens with one attached hydrogen (secondary N) is 1. The number of thiophene rings is 1. The maximum atomic E-state index is 13.1. The molecule has 28 heavy (non-hydrogen) atoms. The first-order chi connectivity index (χ1) is 13.4. The third kappa shape index (κ3) is 4.59. The fraction of sp³-hybridized carbons (Fsp3) is 0.421. The van der Waals surface area contributed by atoms with E-state index in [9.17, 15) is 18.0 Å². The quantitative estimate of drug-likeness (QED) is 0.745. The number of sulfone groups is 1. The van der Waals surface area contributed by atoms with Crippen LogP contribution in [0, 0.1) is 5.92 Å². The van der Waals surface area contributed by atoms with Gasteiger partial charge in [0.2, 0.25) is 0 Å². The number of hydrogen-bond donors (Lipinski definition) is 1. The number of carbonyl (C=O) groups excluding carboxylic acids is 2. The molecule has 0 saturated carbocycles. The van der Waals surface area contributed by atoms with Gasteiger partial charge in [0.25, 0.3) is 0 Å². The van der Waals surface area contributed by atoms with Crippen molar-refractivity contribution in [1.82, 2.24) is 15.2 Å². The molecule has 7 nitrogen and oxygen atoms in total. The molecular formula is C19H23N3O4S2. The molecular weight excluding hydrogens is 398 g/mol. The molecule has 1 fully saturated rings. The molecule has 0 aliphatic carbocycles. The molecule has 1 aliphatic heterocycles. The summed E-state index contributed by atoms with van der Waals surface area (Å²) >= 11 is 1.12. The summed E-state index contributed by atoms with van der Waals surface area (Å²) in [5.74, 6) is -0.840. The van der Waals surface area contributed by atoms with Gasteiger partial charge in [-0.1, -0.05) is 19.1 Å². The van der Waals surface area contributed by atoms with E-state index in [0.29, 0.717) is 24.6 Å². The maximum Gasteiger partial charge on any atom is 0.311 e. The molecule has 1 atom stereocenters. The molecule has 2 aromatic heterocycles. The fourth-order valence-corrected chi connectivity index (χ4v) is 6.00. The van der Waals surface area contributed by atoms with Crippen LogP contribution < -0.4 is 5.32 Å². The molecule has 0 bridgehead atoms. The Kier molecular flexibility index (Phi) is 6.46. The molecule has 0 aromatic carbocycles. The monoisotopic (exact) mass is 421 g/mol. The number of aromatic nitrogens is 1. The molecule has 9 heteroatoms. The van der Waals surface area contributed by atoms with Crippen LogP contribution >= 0.6 is 11.3 Å². The zero-order chi connectivity index (χ0) is 20.1. The van der Waals surface area contributed by atoms with Crippen LogP contribution in [0.3, 0.4) is 0 Å². The highest BCUT2D eigenvalue weighted by Gasteiger charge is 2.32. The lowest BCUT2D eigenvalue weighted by atomic mass is 9.99. The molecule has 2 amide bonds. The van der Waals surface area contributed by atoms with E-state index < -0.39 is 26.9 Å². The largest absolute Gasteiger partial charge is 0.346 e. The summed E-state index contributed by atoms with van der Waals surface area (Å²) < 4.78 is 26.3. The van der Waals surface area contributed by atoms with E-state index in [2.05, 4.69) is 17.2 Å². The van der Waals surface area contributed by atoms with Crippen molar-refractivity contribution < 1.29 is 18.0 Å². The van der Waals surface area contributed by atoms with Gasteiger partial charge in [0, 0.05) is 32.0 Å². The fourth-order valence-electron chi connectivity index (χ4n) is 3.16. The minimum Gasteiger partial charge on any atom is -0.346 e. The maximum absolute atomic E-state index is 13.1. The number of rotatable bonds is 5. The second kappa shape index (κ2) is 8.83. The molecule has 1 aliphatic rings. The number of piperidine rings is 1. The average molecular weight is 422 g/mol. The van der Waals surface area contributed by atoms with Crippen molar-refractivity contribution in [3.63, 3.8) is 0 Å². The molecule has 0 spiro atoms. The lowest BCUT2D eigenvalue weighted by molar-refractivity contribution is -0.146. The third-order valence-corrected chi connectivity index (χ3v) is 8.45. The molecule has 150 valence electrons. The molecule has 3 heterocycles. The lowest BCUT2D eigenvalue weighted by Crippen LogP contribution is -2.47. The van der Waals surface area contributed by atoms with Gasteiger partial charge in [0.15, 0.2) is 9.84 Å². The molecule has 3 rings (SSSR count). The van der Waals surface area contributed by atoms with Crippen LogP contribution in [0.25, 0.3) is 0 Å². The van der Waals surface area contributed by atoms with E-state index >= 15 is 0 Å². The van der Waals surface area contributed by atoms with E-state index in [4.69, 9.17) is 0 Å². The van der Waals surface area contributed by atoms with Gasteiger partial charge >= 0.3 is 11.8 Å². The van der Waals surface area contributed by atoms with E-state index in [1.165, 1.54) is 17.2 Å². The lowest BCUT2D eigenvalue weighted by Gasteiger charge is -2.29. The standard InChI is InChI=1S/C19H23N3O4S2/c1-14-6-9-22(10-7-14)19(24)18(23)21-13-16(15-4-2-8-20-12-15)28(25,26)17-5-3-11-27-17/h2-5,8,11-12,14,16H,6-7,9-10,13H2,1H3,(H,21,23)/t16-/m0/s1. The number of nitrogens with zero attached hydrogens (tertiary/aromatic N) is 2. The second-order valence-corrected chi connectivity index (χ2v) is 10.2. The summed E-state index contributed by atoms with van der Waals surface area (Å²) in [5.41, 5.74) is 0.468. The van der Waals surface area contributed by atoms with Crippen LogP contribution in [0.1, 0.15) is 30.6 Å². The van der Waals surface area contributed by atoms with Crippen LogP contribution in [0.5, 0.6) is 0 Å². The normalized spacial score (nSPS) is 16.5. The highest BCUT2D eigenvalue weighted by molar-refractivity contribution is 7.93. The summed E-state index contributed by atoms with van der Waals surface area (Å²) in [6.07, 6.45) is 4.75. The third-order valence-electron chi connectivity index (χ3n) is 4.92. The molecule has 1 N–H and O–H groups in total. The number of amides is 2. The van der Waals surface area contributed by atoms with E-state index in [1.807, 2.05) is 0 Å². The Hall–Kier alpha value is -2.26. The number of pyridine rings is 1. The zero-order valence-corrected chi connectivity index (χ0v) is 17.2. The summed E-state index contributed by atoms with van der Waals surface area (Å²) in [6, 6.07) is 6.50. The van der Waals surface area contributed by atoms with Crippen molar-refractivity contribution in [1.29, 1.82) is 0 Å². The van der Waals surface area contributed by atoms with Crippen molar-refractivity contribution in [2.75, 3.05) is 19.6 Å². The van der Waals surface area contributed by atoms with Gasteiger partial charge in [-0.25, -0.2) is 8.42 Å². The Labute approximate surface area is 168 Å². The average Bonchev–Trinajstić information content (AvgIpc) is 3.24. The van der Waals surface area contributed by atoms with Crippen LogP contribution in [0.4, 0.5) is 0 Å². The number of hydrogen-bond acceptors (Lipinski definition) is 6. The van der Waals surface area contributed by atoms with Gasteiger partial charge in [-0.15, -0.1) is 11.3 Å². The Morgan fingerprint density at radius 3 is 2.64 bits per heavy atom.